The molecule has 2 unspecified atom stereocenters. The summed E-state index contributed by atoms with van der Waals surface area (Å²) in [7, 11) is -0.241. The van der Waals surface area contributed by atoms with Gasteiger partial charge in [-0.2, -0.15) is 0 Å². The lowest BCUT2D eigenvalue weighted by molar-refractivity contribution is -0.385. The Labute approximate surface area is 150 Å². The molecule has 140 valence electrons. The lowest BCUT2D eigenvalue weighted by Crippen LogP contribution is -2.57. The van der Waals surface area contributed by atoms with Crippen molar-refractivity contribution in [1.82, 2.24) is 4.72 Å². The van der Waals surface area contributed by atoms with Gasteiger partial charge in [-0.05, 0) is 47.1 Å². The summed E-state index contributed by atoms with van der Waals surface area (Å²) in [6, 6.07) is 5.97. The molecule has 0 fully saturated rings. The fourth-order valence-electron chi connectivity index (χ4n) is 2.28. The Bertz CT molecular complexity index is 697. The van der Waals surface area contributed by atoms with E-state index in [1.54, 1.807) is 53.7 Å². The number of nitrogens with zero attached hydrogens (tertiary/aromatic N) is 1. The third-order valence-electron chi connectivity index (χ3n) is 4.43. The molecule has 8 heteroatoms. The van der Waals surface area contributed by atoms with E-state index in [0.29, 0.717) is 5.56 Å². The number of nitrogens with one attached hydrogen (secondary N) is 1. The zero-order valence-electron chi connectivity index (χ0n) is 15.7. The first kappa shape index (κ1) is 21.2. The van der Waals surface area contributed by atoms with Crippen molar-refractivity contribution in [2.45, 2.75) is 51.8 Å². The van der Waals surface area contributed by atoms with E-state index in [0.717, 1.165) is 0 Å². The van der Waals surface area contributed by atoms with Gasteiger partial charge < -0.3 is 4.74 Å². The maximum atomic E-state index is 12.7. The quantitative estimate of drug-likeness (QED) is 0.471. The molecule has 0 aliphatic heterocycles. The molecule has 0 aromatic heterocycles. The maximum absolute atomic E-state index is 12.7. The van der Waals surface area contributed by atoms with Crippen molar-refractivity contribution in [3.63, 3.8) is 0 Å². The van der Waals surface area contributed by atoms with Crippen molar-refractivity contribution in [3.05, 3.63) is 39.9 Å². The van der Waals surface area contributed by atoms with Crippen LogP contribution in [0, 0.1) is 15.5 Å². The normalized spacial score (nSPS) is 16.0. The lowest BCUT2D eigenvalue weighted by Gasteiger charge is -2.43. The van der Waals surface area contributed by atoms with Crippen molar-refractivity contribution < 1.29 is 18.7 Å². The second-order valence-corrected chi connectivity index (χ2v) is 9.50. The Kier molecular flexibility index (Phi) is 6.13. The Hall–Kier alpha value is -1.80. The number of ether oxygens (including phenoxy) is 1. The molecule has 0 radical (unpaired) electrons. The minimum absolute atomic E-state index is 0.104. The molecule has 1 rings (SSSR count). The van der Waals surface area contributed by atoms with E-state index in [2.05, 4.69) is 4.72 Å². The molecule has 0 spiro atoms. The zero-order chi connectivity index (χ0) is 19.6. The van der Waals surface area contributed by atoms with Gasteiger partial charge >= 0.3 is 5.97 Å². The Morgan fingerprint density at radius 3 is 2.20 bits per heavy atom. The van der Waals surface area contributed by atoms with Gasteiger partial charge in [0.15, 0.2) is 0 Å². The molecule has 0 aliphatic rings. The van der Waals surface area contributed by atoms with Gasteiger partial charge in [0.05, 0.1) is 38.7 Å². The van der Waals surface area contributed by atoms with E-state index in [1.807, 2.05) is 0 Å². The number of rotatable bonds is 6. The zero-order valence-corrected chi connectivity index (χ0v) is 16.5. The van der Waals surface area contributed by atoms with Crippen LogP contribution in [0.15, 0.2) is 24.3 Å². The monoisotopic (exact) mass is 370 g/mol. The van der Waals surface area contributed by atoms with Crippen LogP contribution < -0.4 is 4.72 Å². The molecule has 0 bridgehead atoms. The summed E-state index contributed by atoms with van der Waals surface area (Å²) >= 11 is 0. The van der Waals surface area contributed by atoms with Gasteiger partial charge in [-0.15, -0.1) is 0 Å². The van der Waals surface area contributed by atoms with E-state index in [-0.39, 0.29) is 5.69 Å². The summed E-state index contributed by atoms with van der Waals surface area (Å²) in [5.41, 5.74) is -1.93. The molecule has 1 N–H and O–H groups in total. The van der Waals surface area contributed by atoms with Gasteiger partial charge in [0.25, 0.3) is 5.69 Å². The fraction of sp³-hybridized carbons (Fsp3) is 0.588. The van der Waals surface area contributed by atoms with E-state index in [4.69, 9.17) is 4.74 Å². The molecule has 1 aromatic carbocycles. The third kappa shape index (κ3) is 4.24. The number of carbonyl (C=O) groups excluding carboxylic acids is 1. The Morgan fingerprint density at radius 2 is 1.76 bits per heavy atom. The summed E-state index contributed by atoms with van der Waals surface area (Å²) in [4.78, 5) is 23.0. The van der Waals surface area contributed by atoms with Gasteiger partial charge in [0, 0.05) is 12.1 Å². The predicted octanol–water partition coefficient (Wildman–Crippen LogP) is 3.06. The molecule has 0 saturated carbocycles. The number of benzene rings is 1. The number of nitro groups is 1. The molecular weight excluding hydrogens is 344 g/mol. The molecule has 1 aromatic rings. The summed E-state index contributed by atoms with van der Waals surface area (Å²) in [5.74, 6) is -0.514. The van der Waals surface area contributed by atoms with Gasteiger partial charge in [0.2, 0.25) is 0 Å². The summed E-state index contributed by atoms with van der Waals surface area (Å²) in [6.07, 6.45) is 0. The molecule has 0 saturated heterocycles. The van der Waals surface area contributed by atoms with E-state index in [1.165, 1.54) is 19.2 Å². The first-order valence-corrected chi connectivity index (χ1v) is 8.95. The Balaban J connectivity index is 3.58. The van der Waals surface area contributed by atoms with Crippen LogP contribution in [0.5, 0.6) is 0 Å². The largest absolute Gasteiger partial charge is 0.469 e. The average Bonchev–Trinajstić information content (AvgIpc) is 2.52. The van der Waals surface area contributed by atoms with Crippen LogP contribution in [0.2, 0.25) is 0 Å². The third-order valence-corrected chi connectivity index (χ3v) is 6.14. The van der Waals surface area contributed by atoms with Crippen LogP contribution >= 0.6 is 0 Å². The van der Waals surface area contributed by atoms with Crippen molar-refractivity contribution in [2.24, 2.45) is 5.41 Å². The van der Waals surface area contributed by atoms with Gasteiger partial charge in [0.1, 0.15) is 0 Å². The number of hydrogen-bond acceptors (Lipinski definition) is 5. The topological polar surface area (TPSA) is 98.5 Å². The minimum Gasteiger partial charge on any atom is -0.469 e. The minimum atomic E-state index is -1.52. The van der Waals surface area contributed by atoms with Crippen LogP contribution in [-0.2, 0) is 26.1 Å². The van der Waals surface area contributed by atoms with Crippen molar-refractivity contribution in [1.29, 1.82) is 0 Å². The predicted molar refractivity (Wildman–Crippen MR) is 97.3 cm³/mol. The number of non-ortho nitro benzene ring substituents is 1. The molecule has 7 nitrogen and oxygen atoms in total. The van der Waals surface area contributed by atoms with Crippen LogP contribution in [0.4, 0.5) is 5.69 Å². The maximum Gasteiger partial charge on any atom is 0.313 e. The number of esters is 1. The smallest absolute Gasteiger partial charge is 0.313 e. The van der Waals surface area contributed by atoms with Gasteiger partial charge in [-0.25, -0.2) is 8.93 Å². The SMILES string of the molecule is COC(=O)C(C)(C)C(C)(NS(=O)C(C)(C)C)c1cccc([N+](=O)[O-])c1. The molecule has 25 heavy (non-hydrogen) atoms. The fourth-order valence-corrected chi connectivity index (χ4v) is 3.33. The summed E-state index contributed by atoms with van der Waals surface area (Å²) in [5, 5.41) is 11.1. The number of nitro benzene ring substituents is 1. The van der Waals surface area contributed by atoms with Gasteiger partial charge in [-0.1, -0.05) is 12.1 Å². The van der Waals surface area contributed by atoms with Crippen LogP contribution in [-0.4, -0.2) is 27.0 Å². The van der Waals surface area contributed by atoms with Crippen molar-refractivity contribution in [3.8, 4) is 0 Å². The van der Waals surface area contributed by atoms with Crippen LogP contribution in [0.25, 0.3) is 0 Å². The molecule has 0 amide bonds. The van der Waals surface area contributed by atoms with Crippen LogP contribution in [0.3, 0.4) is 0 Å². The van der Waals surface area contributed by atoms with E-state index in [9.17, 15) is 19.1 Å². The second-order valence-electron chi connectivity index (χ2n) is 7.53. The Morgan fingerprint density at radius 1 is 1.20 bits per heavy atom. The standard InChI is InChI=1S/C17H26N2O5S/c1-15(2,3)25(23)18-17(6,16(4,5)14(20)24-7)12-9-8-10-13(11-12)19(21)22/h8-11,18H,1-7H3. The number of carbonyl (C=O) groups is 1. The van der Waals surface area contributed by atoms with E-state index < -0.39 is 37.6 Å². The van der Waals surface area contributed by atoms with Crippen molar-refractivity contribution >= 4 is 22.6 Å². The van der Waals surface area contributed by atoms with Crippen molar-refractivity contribution in [2.75, 3.05) is 7.11 Å². The molecular formula is C17H26N2O5S. The highest BCUT2D eigenvalue weighted by atomic mass is 32.2. The highest BCUT2D eigenvalue weighted by Crippen LogP contribution is 2.42. The van der Waals surface area contributed by atoms with Crippen LogP contribution in [0.1, 0.15) is 47.1 Å². The highest BCUT2D eigenvalue weighted by molar-refractivity contribution is 7.84. The molecule has 0 heterocycles. The average molecular weight is 370 g/mol. The van der Waals surface area contributed by atoms with Gasteiger partial charge in [-0.3, -0.25) is 14.9 Å². The molecule has 2 atom stereocenters. The first-order chi connectivity index (χ1) is 11.3. The lowest BCUT2D eigenvalue weighted by atomic mass is 9.70. The first-order valence-electron chi connectivity index (χ1n) is 7.80. The highest BCUT2D eigenvalue weighted by Gasteiger charge is 2.50. The number of hydrogen-bond donors (Lipinski definition) is 1. The number of methoxy groups -OCH3 is 1. The summed E-state index contributed by atoms with van der Waals surface area (Å²) < 4.78 is 20.1. The second kappa shape index (κ2) is 7.21. The summed E-state index contributed by atoms with van der Waals surface area (Å²) in [6.45, 7) is 10.4. The van der Waals surface area contributed by atoms with E-state index >= 15 is 0 Å². The molecule has 0 aliphatic carbocycles.